The Kier molecular flexibility index (Phi) is 13.4. The van der Waals surface area contributed by atoms with Crippen LogP contribution in [0, 0.1) is 20.5 Å². The Morgan fingerprint density at radius 3 is 1.07 bits per heavy atom. The first kappa shape index (κ1) is 36.2. The van der Waals surface area contributed by atoms with E-state index in [1.807, 2.05) is 0 Å². The van der Waals surface area contributed by atoms with Gasteiger partial charge in [0.1, 0.15) is 0 Å². The van der Waals surface area contributed by atoms with Crippen molar-refractivity contribution >= 4 is 48.3 Å². The molecule has 0 N–H and O–H groups in total. The van der Waals surface area contributed by atoms with Crippen LogP contribution in [0.3, 0.4) is 0 Å². The molecule has 0 atom stereocenters. The van der Waals surface area contributed by atoms with E-state index in [1.165, 1.54) is 63.3 Å². The van der Waals surface area contributed by atoms with E-state index in [4.69, 9.17) is 37.3 Å². The van der Waals surface area contributed by atoms with Gasteiger partial charge in [-0.2, -0.15) is 0 Å². The molecule has 6 rings (SSSR count). The van der Waals surface area contributed by atoms with Crippen LogP contribution in [-0.4, -0.2) is 29.0 Å². The summed E-state index contributed by atoms with van der Waals surface area (Å²) in [5, 5.41) is 2.95. The molecule has 0 bridgehead atoms. The molecule has 0 aliphatic rings. The van der Waals surface area contributed by atoms with Crippen LogP contribution < -0.4 is 37.3 Å². The number of rotatable bonds is 7. The van der Waals surface area contributed by atoms with Crippen molar-refractivity contribution in [3.8, 4) is 20.0 Å². The Morgan fingerprint density at radius 2 is 0.717 bits per heavy atom. The number of benzene rings is 4. The molecule has 12 heteroatoms. The van der Waals surface area contributed by atoms with E-state index in [2.05, 4.69) is 121 Å². The second-order valence-electron chi connectivity index (χ2n) is 9.96. The normalized spacial score (nSPS) is 11.4. The van der Waals surface area contributed by atoms with Crippen molar-refractivity contribution in [2.45, 2.75) is 25.7 Å². The molecular formula is C34H28Cl2O8Se2. The first-order valence-corrected chi connectivity index (χ1v) is 19.8. The molecular weight excluding hydrogens is 765 g/mol. The SMILES string of the molecule is [O-][Cl+3]([O-])([O-])[O-].[O-][Cl+3]([O-])([O-])[O-].c1ccc(-c2cc(CCCCc3cc(-c4ccccc4)[se+]c4ccccc34)c3ccccc3[se+]2)cc1. The summed E-state index contributed by atoms with van der Waals surface area (Å²) in [6, 6.07) is 45.0. The van der Waals surface area contributed by atoms with Gasteiger partial charge in [-0.15, -0.1) is 20.5 Å². The molecule has 2 heterocycles. The third kappa shape index (κ3) is 12.2. The maximum absolute atomic E-state index is 8.49. The van der Waals surface area contributed by atoms with Crippen molar-refractivity contribution in [2.24, 2.45) is 0 Å². The topological polar surface area (TPSA) is 184 Å². The Labute approximate surface area is 282 Å². The number of hydrogen-bond acceptors (Lipinski definition) is 8. The average molecular weight is 793 g/mol. The van der Waals surface area contributed by atoms with Gasteiger partial charge in [0.05, 0.1) is 0 Å². The quantitative estimate of drug-likeness (QED) is 0.147. The van der Waals surface area contributed by atoms with E-state index >= 15 is 0 Å². The van der Waals surface area contributed by atoms with Gasteiger partial charge in [-0.05, 0) is 0 Å². The number of fused-ring (bicyclic) bond motifs is 2. The van der Waals surface area contributed by atoms with E-state index in [-0.39, 0.29) is 0 Å². The fraction of sp³-hybridized carbons (Fsp3) is 0.118. The zero-order valence-electron chi connectivity index (χ0n) is 24.2. The molecule has 0 fully saturated rings. The third-order valence-electron chi connectivity index (χ3n) is 6.78. The fourth-order valence-corrected chi connectivity index (χ4v) is 9.76. The number of halogens is 2. The summed E-state index contributed by atoms with van der Waals surface area (Å²) in [4.78, 5) is 0. The molecule has 0 unspecified atom stereocenters. The molecule has 6 aromatic rings. The zero-order valence-corrected chi connectivity index (χ0v) is 29.2. The predicted molar refractivity (Wildman–Crippen MR) is 158 cm³/mol. The van der Waals surface area contributed by atoms with Crippen molar-refractivity contribution in [1.29, 1.82) is 0 Å². The first-order valence-electron chi connectivity index (χ1n) is 13.9. The predicted octanol–water partition coefficient (Wildman–Crippen LogP) is -0.943. The maximum atomic E-state index is 8.49. The second-order valence-corrected chi connectivity index (χ2v) is 16.0. The van der Waals surface area contributed by atoms with Crippen LogP contribution in [0.15, 0.2) is 121 Å². The van der Waals surface area contributed by atoms with Gasteiger partial charge in [0.15, 0.2) is 0 Å². The van der Waals surface area contributed by atoms with Gasteiger partial charge < -0.3 is 0 Å². The van der Waals surface area contributed by atoms with Gasteiger partial charge in [0, 0.05) is 0 Å². The van der Waals surface area contributed by atoms with Crippen molar-refractivity contribution in [3.63, 3.8) is 0 Å². The number of unbranched alkanes of at least 4 members (excludes halogenated alkanes) is 1. The number of hydrogen-bond donors (Lipinski definition) is 0. The van der Waals surface area contributed by atoms with Crippen molar-refractivity contribution in [3.05, 3.63) is 132 Å². The molecule has 0 amide bonds. The van der Waals surface area contributed by atoms with Gasteiger partial charge in [-0.3, -0.25) is 0 Å². The van der Waals surface area contributed by atoms with Crippen molar-refractivity contribution in [2.75, 3.05) is 0 Å². The Bertz CT molecular complexity index is 1700. The summed E-state index contributed by atoms with van der Waals surface area (Å²) in [5.41, 5.74) is 5.77. The minimum absolute atomic E-state index is 0.365. The Morgan fingerprint density at radius 1 is 0.413 bits per heavy atom. The fourth-order valence-electron chi connectivity index (χ4n) is 4.94. The molecule has 0 aliphatic carbocycles. The van der Waals surface area contributed by atoms with Crippen LogP contribution in [0.2, 0.25) is 0 Å². The molecule has 238 valence electrons. The van der Waals surface area contributed by atoms with Crippen molar-refractivity contribution < 1.29 is 57.8 Å². The molecule has 0 spiro atoms. The summed E-state index contributed by atoms with van der Waals surface area (Å²) < 4.78 is 74.0. The van der Waals surface area contributed by atoms with Crippen LogP contribution in [-0.2, 0) is 12.8 Å². The van der Waals surface area contributed by atoms with Gasteiger partial charge in [-0.1, -0.05) is 0 Å². The van der Waals surface area contributed by atoms with E-state index in [9.17, 15) is 0 Å². The number of aryl methyl sites for hydroxylation is 2. The summed E-state index contributed by atoms with van der Waals surface area (Å²) in [6.07, 6.45) is 4.69. The summed E-state index contributed by atoms with van der Waals surface area (Å²) in [6.45, 7) is 0. The van der Waals surface area contributed by atoms with Crippen molar-refractivity contribution in [1.82, 2.24) is 0 Å². The van der Waals surface area contributed by atoms with Crippen LogP contribution >= 0.6 is 0 Å². The van der Waals surface area contributed by atoms with Gasteiger partial charge in [0.25, 0.3) is 0 Å². The molecule has 0 aliphatic heterocycles. The van der Waals surface area contributed by atoms with Crippen LogP contribution in [0.5, 0.6) is 0 Å². The summed E-state index contributed by atoms with van der Waals surface area (Å²) in [5.74, 6) is 0. The zero-order chi connectivity index (χ0) is 33.2. The molecule has 8 nitrogen and oxygen atoms in total. The van der Waals surface area contributed by atoms with E-state index in [0.29, 0.717) is 29.0 Å². The second kappa shape index (κ2) is 17.0. The Hall–Kier alpha value is -2.60. The minimum atomic E-state index is -4.94. The van der Waals surface area contributed by atoms with Gasteiger partial charge in [-0.25, -0.2) is 37.3 Å². The molecule has 0 saturated carbocycles. The van der Waals surface area contributed by atoms with Crippen LogP contribution in [0.4, 0.5) is 0 Å². The van der Waals surface area contributed by atoms with Crippen LogP contribution in [0.25, 0.3) is 39.3 Å². The van der Waals surface area contributed by atoms with Gasteiger partial charge in [0.2, 0.25) is 0 Å². The average Bonchev–Trinajstić information content (AvgIpc) is 3.02. The monoisotopic (exact) mass is 794 g/mol. The third-order valence-corrected chi connectivity index (χ3v) is 11.6. The van der Waals surface area contributed by atoms with Crippen LogP contribution in [0.1, 0.15) is 24.0 Å². The van der Waals surface area contributed by atoms with E-state index in [1.54, 1.807) is 0 Å². The first-order chi connectivity index (χ1) is 21.8. The molecule has 0 saturated heterocycles. The molecule has 46 heavy (non-hydrogen) atoms. The van der Waals surface area contributed by atoms with E-state index < -0.39 is 20.5 Å². The molecule has 4 aromatic carbocycles. The summed E-state index contributed by atoms with van der Waals surface area (Å²) in [7, 11) is -9.89. The Balaban J connectivity index is 0.000000421. The van der Waals surface area contributed by atoms with E-state index in [0.717, 1.165) is 12.8 Å². The van der Waals surface area contributed by atoms with Gasteiger partial charge >= 0.3 is 226 Å². The standard InChI is InChI=1S/C34H28Se2.2ClHO4/c1-3-13-25(14-4-1)33-23-27(29-19-9-11-21-31(29)35-33)17-7-8-18-28-24-34(26-15-5-2-6-16-26)36-32-22-12-10-20-30(28)32;2*2-1(3,4)5/h1-6,9-16,19-24H,7-8,17-18H2;2*(H,2,3,4,5)/q+2;;/p-2. The molecule has 0 radical (unpaired) electrons. The summed E-state index contributed by atoms with van der Waals surface area (Å²) >= 11 is 0.729. The molecule has 2 aromatic heterocycles.